The zero-order valence-electron chi connectivity index (χ0n) is 13.4. The van der Waals surface area contributed by atoms with Crippen LogP contribution in [0, 0.1) is 5.92 Å². The van der Waals surface area contributed by atoms with E-state index in [1.165, 1.54) is 70.8 Å². The summed E-state index contributed by atoms with van der Waals surface area (Å²) in [7, 11) is 0. The summed E-state index contributed by atoms with van der Waals surface area (Å²) in [4.78, 5) is 0. The first-order chi connectivity index (χ1) is 8.78. The van der Waals surface area contributed by atoms with Gasteiger partial charge in [0.05, 0.1) is 0 Å². The van der Waals surface area contributed by atoms with Gasteiger partial charge in [-0.1, -0.05) is 72.6 Å². The van der Waals surface area contributed by atoms with Crippen molar-refractivity contribution < 1.29 is 0 Å². The summed E-state index contributed by atoms with van der Waals surface area (Å²) in [5.41, 5.74) is 0. The third-order valence-corrected chi connectivity index (χ3v) is 4.03. The van der Waals surface area contributed by atoms with Crippen LogP contribution in [0.4, 0.5) is 0 Å². The molecule has 0 rings (SSSR count). The predicted molar refractivity (Wildman–Crippen MR) is 84.1 cm³/mol. The van der Waals surface area contributed by atoms with Crippen molar-refractivity contribution >= 4 is 0 Å². The molecule has 0 amide bonds. The summed E-state index contributed by atoms with van der Waals surface area (Å²) in [6.07, 6.45) is 13.8. The molecule has 0 saturated heterocycles. The van der Waals surface area contributed by atoms with E-state index in [1.807, 2.05) is 0 Å². The van der Waals surface area contributed by atoms with E-state index in [4.69, 9.17) is 0 Å². The summed E-state index contributed by atoms with van der Waals surface area (Å²) in [6.45, 7) is 10.4. The zero-order valence-corrected chi connectivity index (χ0v) is 13.4. The fourth-order valence-corrected chi connectivity index (χ4v) is 2.74. The molecule has 1 N–H and O–H groups in total. The van der Waals surface area contributed by atoms with Gasteiger partial charge in [-0.2, -0.15) is 0 Å². The molecule has 18 heavy (non-hydrogen) atoms. The van der Waals surface area contributed by atoms with Crippen LogP contribution in [0.15, 0.2) is 0 Å². The van der Waals surface area contributed by atoms with Crippen molar-refractivity contribution in [3.63, 3.8) is 0 Å². The first-order valence-corrected chi connectivity index (χ1v) is 8.51. The number of unbranched alkanes of at least 4 members (excludes halogenated alkanes) is 1. The van der Waals surface area contributed by atoms with Crippen molar-refractivity contribution in [3.05, 3.63) is 0 Å². The van der Waals surface area contributed by atoms with Crippen molar-refractivity contribution in [1.82, 2.24) is 5.32 Å². The van der Waals surface area contributed by atoms with E-state index in [9.17, 15) is 0 Å². The molecule has 0 bridgehead atoms. The number of hydrogen-bond donors (Lipinski definition) is 1. The quantitative estimate of drug-likeness (QED) is 0.455. The maximum Gasteiger partial charge on any atom is 0.00669 e. The lowest BCUT2D eigenvalue weighted by molar-refractivity contribution is 0.371. The van der Waals surface area contributed by atoms with E-state index in [0.717, 1.165) is 12.0 Å². The minimum Gasteiger partial charge on any atom is -0.314 e. The van der Waals surface area contributed by atoms with Gasteiger partial charge >= 0.3 is 0 Å². The molecule has 0 fully saturated rings. The van der Waals surface area contributed by atoms with E-state index < -0.39 is 0 Å². The molecule has 110 valence electrons. The minimum atomic E-state index is 0.777. The normalized spacial score (nSPS) is 14.7. The molecule has 0 heterocycles. The molecular weight excluding hydrogens is 218 g/mol. The van der Waals surface area contributed by atoms with Crippen LogP contribution in [0.5, 0.6) is 0 Å². The lowest BCUT2D eigenvalue weighted by atomic mass is 9.92. The molecule has 1 nitrogen and oxygen atoms in total. The first-order valence-electron chi connectivity index (χ1n) is 8.51. The molecule has 0 aliphatic rings. The number of nitrogens with one attached hydrogen (secondary N) is 1. The van der Waals surface area contributed by atoms with Gasteiger partial charge in [0.25, 0.3) is 0 Å². The summed E-state index contributed by atoms with van der Waals surface area (Å²) < 4.78 is 0. The summed E-state index contributed by atoms with van der Waals surface area (Å²) >= 11 is 0. The Morgan fingerprint density at radius 3 is 2.00 bits per heavy atom. The van der Waals surface area contributed by atoms with Crippen LogP contribution in [0.25, 0.3) is 0 Å². The van der Waals surface area contributed by atoms with Gasteiger partial charge in [0, 0.05) is 6.04 Å². The van der Waals surface area contributed by atoms with Crippen molar-refractivity contribution in [2.75, 3.05) is 6.54 Å². The lowest BCUT2D eigenvalue weighted by Gasteiger charge is -2.20. The Balaban J connectivity index is 3.73. The second-order valence-corrected chi connectivity index (χ2v) is 5.79. The molecule has 0 aromatic carbocycles. The maximum atomic E-state index is 3.71. The smallest absolute Gasteiger partial charge is 0.00669 e. The molecule has 2 unspecified atom stereocenters. The second-order valence-electron chi connectivity index (χ2n) is 5.79. The predicted octanol–water partition coefficient (Wildman–Crippen LogP) is 5.54. The highest BCUT2D eigenvalue weighted by molar-refractivity contribution is 4.67. The van der Waals surface area contributed by atoms with E-state index in [0.29, 0.717) is 0 Å². The van der Waals surface area contributed by atoms with Crippen LogP contribution in [-0.2, 0) is 0 Å². The standard InChI is InChI=1S/C17H37N/c1-5-9-12-16(8-4)13-10-14-17(11-6-2)18-15-7-3/h16-18H,5-15H2,1-4H3. The van der Waals surface area contributed by atoms with Crippen molar-refractivity contribution in [2.24, 2.45) is 5.92 Å². The first kappa shape index (κ1) is 18.0. The molecule has 2 atom stereocenters. The zero-order chi connectivity index (χ0) is 13.6. The van der Waals surface area contributed by atoms with Gasteiger partial charge in [0.15, 0.2) is 0 Å². The maximum absolute atomic E-state index is 3.71. The fourth-order valence-electron chi connectivity index (χ4n) is 2.74. The van der Waals surface area contributed by atoms with Gasteiger partial charge < -0.3 is 5.32 Å². The highest BCUT2D eigenvalue weighted by Crippen LogP contribution is 2.20. The lowest BCUT2D eigenvalue weighted by Crippen LogP contribution is -2.29. The molecule has 0 saturated carbocycles. The highest BCUT2D eigenvalue weighted by atomic mass is 14.9. The summed E-state index contributed by atoms with van der Waals surface area (Å²) in [5.74, 6) is 0.985. The minimum absolute atomic E-state index is 0.777. The average Bonchev–Trinajstić information content (AvgIpc) is 2.39. The van der Waals surface area contributed by atoms with E-state index in [2.05, 4.69) is 33.0 Å². The fraction of sp³-hybridized carbons (Fsp3) is 1.00. The molecule has 0 spiro atoms. The van der Waals surface area contributed by atoms with Gasteiger partial charge in [0.1, 0.15) is 0 Å². The molecular formula is C17H37N. The molecule has 1 heteroatoms. The average molecular weight is 255 g/mol. The number of hydrogen-bond acceptors (Lipinski definition) is 1. The Hall–Kier alpha value is -0.0400. The Bertz CT molecular complexity index is 156. The van der Waals surface area contributed by atoms with Crippen molar-refractivity contribution in [3.8, 4) is 0 Å². The van der Waals surface area contributed by atoms with Gasteiger partial charge in [-0.15, -0.1) is 0 Å². The number of rotatable bonds is 13. The van der Waals surface area contributed by atoms with Crippen LogP contribution in [0.1, 0.15) is 91.9 Å². The van der Waals surface area contributed by atoms with E-state index in [-0.39, 0.29) is 0 Å². The van der Waals surface area contributed by atoms with Gasteiger partial charge in [-0.05, 0) is 31.7 Å². The molecule has 0 aromatic rings. The summed E-state index contributed by atoms with van der Waals surface area (Å²) in [6, 6.07) is 0.777. The second kappa shape index (κ2) is 13.4. The van der Waals surface area contributed by atoms with Crippen LogP contribution in [-0.4, -0.2) is 12.6 Å². The van der Waals surface area contributed by atoms with Gasteiger partial charge in [0.2, 0.25) is 0 Å². The largest absolute Gasteiger partial charge is 0.314 e. The van der Waals surface area contributed by atoms with E-state index >= 15 is 0 Å². The summed E-state index contributed by atoms with van der Waals surface area (Å²) in [5, 5.41) is 3.71. The monoisotopic (exact) mass is 255 g/mol. The van der Waals surface area contributed by atoms with E-state index in [1.54, 1.807) is 0 Å². The Morgan fingerprint density at radius 1 is 0.722 bits per heavy atom. The van der Waals surface area contributed by atoms with Crippen LogP contribution < -0.4 is 5.32 Å². The highest BCUT2D eigenvalue weighted by Gasteiger charge is 2.09. The van der Waals surface area contributed by atoms with Crippen molar-refractivity contribution in [2.45, 2.75) is 97.9 Å². The SMILES string of the molecule is CCCCC(CC)CCCC(CCC)NCCC. The topological polar surface area (TPSA) is 12.0 Å². The molecule has 0 radical (unpaired) electrons. The third kappa shape index (κ3) is 9.94. The Kier molecular flexibility index (Phi) is 13.4. The Labute approximate surface area is 116 Å². The van der Waals surface area contributed by atoms with Gasteiger partial charge in [-0.3, -0.25) is 0 Å². The Morgan fingerprint density at radius 2 is 1.44 bits per heavy atom. The van der Waals surface area contributed by atoms with Crippen LogP contribution in [0.2, 0.25) is 0 Å². The van der Waals surface area contributed by atoms with Crippen LogP contribution in [0.3, 0.4) is 0 Å². The molecule has 0 aliphatic heterocycles. The molecule has 0 aliphatic carbocycles. The van der Waals surface area contributed by atoms with Gasteiger partial charge in [-0.25, -0.2) is 0 Å². The molecule has 0 aromatic heterocycles. The van der Waals surface area contributed by atoms with Crippen LogP contribution >= 0.6 is 0 Å². The third-order valence-electron chi connectivity index (χ3n) is 4.03. The van der Waals surface area contributed by atoms with Crippen molar-refractivity contribution in [1.29, 1.82) is 0 Å².